The van der Waals surface area contributed by atoms with Gasteiger partial charge in [0.15, 0.2) is 0 Å². The van der Waals surface area contributed by atoms with E-state index < -0.39 is 0 Å². The van der Waals surface area contributed by atoms with E-state index in [0.717, 1.165) is 30.6 Å². The number of aryl methyl sites for hydroxylation is 1. The summed E-state index contributed by atoms with van der Waals surface area (Å²) in [5.41, 5.74) is 5.17. The molecule has 1 N–H and O–H groups in total. The molecule has 32 heavy (non-hydrogen) atoms. The lowest BCUT2D eigenvalue weighted by Gasteiger charge is -2.32. The summed E-state index contributed by atoms with van der Waals surface area (Å²) in [4.78, 5) is 18.2. The Hall–Kier alpha value is -3.53. The fourth-order valence-electron chi connectivity index (χ4n) is 4.58. The zero-order chi connectivity index (χ0) is 22.5. The van der Waals surface area contributed by atoms with Gasteiger partial charge < -0.3 is 14.9 Å². The molecule has 1 aliphatic carbocycles. The average molecular weight is 427 g/mol. The van der Waals surface area contributed by atoms with Gasteiger partial charge >= 0.3 is 0 Å². The van der Waals surface area contributed by atoms with Crippen LogP contribution < -0.4 is 4.90 Å². The van der Waals surface area contributed by atoms with Gasteiger partial charge in [-0.15, -0.1) is 0 Å². The quantitative estimate of drug-likeness (QED) is 0.498. The summed E-state index contributed by atoms with van der Waals surface area (Å²) in [6, 6.07) is 23.4. The lowest BCUT2D eigenvalue weighted by molar-refractivity contribution is 0.0659. The number of benzene rings is 3. The monoisotopic (exact) mass is 426 g/mol. The summed E-state index contributed by atoms with van der Waals surface area (Å²) in [7, 11) is 0. The molecular formula is C28H30N2O2. The third-order valence-corrected chi connectivity index (χ3v) is 6.14. The van der Waals surface area contributed by atoms with E-state index in [1.54, 1.807) is 12.1 Å². The molecule has 0 saturated heterocycles. The summed E-state index contributed by atoms with van der Waals surface area (Å²) in [5, 5.41) is 9.70. The smallest absolute Gasteiger partial charge is 0.256 e. The maximum Gasteiger partial charge on any atom is 0.256 e. The highest BCUT2D eigenvalue weighted by molar-refractivity contribution is 6.00. The molecular weight excluding hydrogens is 396 g/mol. The van der Waals surface area contributed by atoms with Crippen LogP contribution in [-0.2, 0) is 13.0 Å². The standard InChI is InChI=1S/C28H30N2O2/c1-3-19-29(4-2)26-12-8-7-11-25(26)28(32)30(20-21-13-16-23(31)17-14-21)27-18-15-22-9-5-6-10-24(22)27/h3,5-14,16-17,19,27,31H,4,15,18,20H2,1-2H3/b19-3-. The lowest BCUT2D eigenvalue weighted by Crippen LogP contribution is -2.34. The summed E-state index contributed by atoms with van der Waals surface area (Å²) < 4.78 is 0. The van der Waals surface area contributed by atoms with Crippen molar-refractivity contribution in [2.75, 3.05) is 11.4 Å². The van der Waals surface area contributed by atoms with E-state index in [4.69, 9.17) is 0 Å². The molecule has 4 heteroatoms. The Kier molecular flexibility index (Phi) is 6.60. The summed E-state index contributed by atoms with van der Waals surface area (Å²) in [6.07, 6.45) is 5.90. The predicted octanol–water partition coefficient (Wildman–Crippen LogP) is 6.08. The Balaban J connectivity index is 1.75. The van der Waals surface area contributed by atoms with Gasteiger partial charge in [0.05, 0.1) is 17.3 Å². The third-order valence-electron chi connectivity index (χ3n) is 6.14. The summed E-state index contributed by atoms with van der Waals surface area (Å²) in [5.74, 6) is 0.256. The Morgan fingerprint density at radius 3 is 2.50 bits per heavy atom. The number of aromatic hydroxyl groups is 1. The number of phenols is 1. The van der Waals surface area contributed by atoms with E-state index in [0.29, 0.717) is 12.1 Å². The molecule has 1 unspecified atom stereocenters. The Morgan fingerprint density at radius 1 is 1.03 bits per heavy atom. The topological polar surface area (TPSA) is 43.8 Å². The second-order valence-electron chi connectivity index (χ2n) is 8.14. The van der Waals surface area contributed by atoms with E-state index in [1.807, 2.05) is 60.5 Å². The van der Waals surface area contributed by atoms with E-state index >= 15 is 0 Å². The molecule has 1 aliphatic rings. The molecule has 4 rings (SSSR count). The van der Waals surface area contributed by atoms with Crippen LogP contribution >= 0.6 is 0 Å². The number of para-hydroxylation sites is 1. The van der Waals surface area contributed by atoms with Crippen molar-refractivity contribution in [3.8, 4) is 5.75 Å². The number of allylic oxidation sites excluding steroid dienone is 1. The first-order chi connectivity index (χ1) is 15.6. The van der Waals surface area contributed by atoms with Crippen LogP contribution in [0.4, 0.5) is 5.69 Å². The highest BCUT2D eigenvalue weighted by Gasteiger charge is 2.32. The van der Waals surface area contributed by atoms with E-state index in [1.165, 1.54) is 11.1 Å². The normalized spacial score (nSPS) is 15.0. The fourth-order valence-corrected chi connectivity index (χ4v) is 4.58. The Bertz CT molecular complexity index is 1100. The van der Waals surface area contributed by atoms with Crippen LogP contribution in [0.3, 0.4) is 0 Å². The molecule has 3 aromatic carbocycles. The van der Waals surface area contributed by atoms with Crippen LogP contribution in [0.25, 0.3) is 0 Å². The molecule has 1 atom stereocenters. The van der Waals surface area contributed by atoms with Gasteiger partial charge in [-0.1, -0.05) is 54.6 Å². The van der Waals surface area contributed by atoms with Gasteiger partial charge in [-0.05, 0) is 73.8 Å². The number of fused-ring (bicyclic) bond motifs is 1. The summed E-state index contributed by atoms with van der Waals surface area (Å²) >= 11 is 0. The van der Waals surface area contributed by atoms with Crippen molar-refractivity contribution in [2.45, 2.75) is 39.3 Å². The minimum atomic E-state index is 0.0253. The molecule has 0 saturated carbocycles. The minimum Gasteiger partial charge on any atom is -0.508 e. The van der Waals surface area contributed by atoms with Gasteiger partial charge in [0.25, 0.3) is 5.91 Å². The van der Waals surface area contributed by atoms with Crippen LogP contribution in [0, 0.1) is 0 Å². The number of hydrogen-bond donors (Lipinski definition) is 1. The molecule has 0 bridgehead atoms. The van der Waals surface area contributed by atoms with Gasteiger partial charge in [0, 0.05) is 13.1 Å². The number of rotatable bonds is 7. The van der Waals surface area contributed by atoms with Gasteiger partial charge in [-0.25, -0.2) is 0 Å². The van der Waals surface area contributed by atoms with Crippen LogP contribution in [-0.4, -0.2) is 22.5 Å². The van der Waals surface area contributed by atoms with Crippen molar-refractivity contribution in [2.24, 2.45) is 0 Å². The van der Waals surface area contributed by atoms with Gasteiger partial charge in [-0.3, -0.25) is 4.79 Å². The van der Waals surface area contributed by atoms with Crippen molar-refractivity contribution >= 4 is 11.6 Å². The number of anilines is 1. The molecule has 0 heterocycles. The second kappa shape index (κ2) is 9.73. The Morgan fingerprint density at radius 2 is 1.75 bits per heavy atom. The highest BCUT2D eigenvalue weighted by atomic mass is 16.3. The molecule has 0 spiro atoms. The predicted molar refractivity (Wildman–Crippen MR) is 130 cm³/mol. The van der Waals surface area contributed by atoms with Crippen molar-refractivity contribution < 1.29 is 9.90 Å². The zero-order valence-corrected chi connectivity index (χ0v) is 18.7. The second-order valence-corrected chi connectivity index (χ2v) is 8.14. The maximum absolute atomic E-state index is 14.1. The molecule has 0 aromatic heterocycles. The first-order valence-electron chi connectivity index (χ1n) is 11.3. The van der Waals surface area contributed by atoms with Crippen molar-refractivity contribution in [1.29, 1.82) is 0 Å². The van der Waals surface area contributed by atoms with E-state index in [9.17, 15) is 9.90 Å². The summed E-state index contributed by atoms with van der Waals surface area (Å²) in [6.45, 7) is 5.34. The molecule has 3 aromatic rings. The number of amides is 1. The van der Waals surface area contributed by atoms with Crippen LogP contribution in [0.1, 0.15) is 53.4 Å². The molecule has 4 nitrogen and oxygen atoms in total. The SMILES string of the molecule is C/C=C\N(CC)c1ccccc1C(=O)N(Cc1ccc(O)cc1)C1CCc2ccccc21. The number of nitrogens with zero attached hydrogens (tertiary/aromatic N) is 2. The van der Waals surface area contributed by atoms with Gasteiger partial charge in [0.1, 0.15) is 5.75 Å². The lowest BCUT2D eigenvalue weighted by atomic mass is 10.0. The minimum absolute atomic E-state index is 0.0253. The highest BCUT2D eigenvalue weighted by Crippen LogP contribution is 2.38. The number of hydrogen-bond acceptors (Lipinski definition) is 3. The van der Waals surface area contributed by atoms with E-state index in [-0.39, 0.29) is 17.7 Å². The third kappa shape index (κ3) is 4.40. The van der Waals surface area contributed by atoms with Gasteiger partial charge in [0.2, 0.25) is 0 Å². The fraction of sp³-hybridized carbons (Fsp3) is 0.250. The van der Waals surface area contributed by atoms with Gasteiger partial charge in [-0.2, -0.15) is 0 Å². The average Bonchev–Trinajstić information content (AvgIpc) is 3.26. The van der Waals surface area contributed by atoms with Crippen LogP contribution in [0.2, 0.25) is 0 Å². The van der Waals surface area contributed by atoms with Crippen molar-refractivity contribution in [3.05, 3.63) is 107 Å². The molecule has 0 radical (unpaired) electrons. The van der Waals surface area contributed by atoms with Crippen LogP contribution in [0.5, 0.6) is 5.75 Å². The van der Waals surface area contributed by atoms with Crippen LogP contribution in [0.15, 0.2) is 85.1 Å². The van der Waals surface area contributed by atoms with Crippen molar-refractivity contribution in [1.82, 2.24) is 4.90 Å². The number of carbonyl (C=O) groups is 1. The molecule has 164 valence electrons. The van der Waals surface area contributed by atoms with Crippen molar-refractivity contribution in [3.63, 3.8) is 0 Å². The molecule has 0 fully saturated rings. The first kappa shape index (κ1) is 21.7. The maximum atomic E-state index is 14.1. The molecule has 0 aliphatic heterocycles. The van der Waals surface area contributed by atoms with E-state index in [2.05, 4.69) is 36.1 Å². The largest absolute Gasteiger partial charge is 0.508 e. The number of phenolic OH excluding ortho intramolecular Hbond substituents is 1. The zero-order valence-electron chi connectivity index (χ0n) is 18.7. The Labute approximate surface area is 190 Å². The molecule has 1 amide bonds. The number of carbonyl (C=O) groups excluding carboxylic acids is 1. The first-order valence-corrected chi connectivity index (χ1v) is 11.3.